The van der Waals surface area contributed by atoms with Crippen LogP contribution in [0.2, 0.25) is 5.82 Å². The number of hydrogen-bond donors (Lipinski definition) is 2. The Morgan fingerprint density at radius 3 is 2.40 bits per heavy atom. The summed E-state index contributed by atoms with van der Waals surface area (Å²) in [5.41, 5.74) is 5.64. The first-order valence-electron chi connectivity index (χ1n) is 3.61. The lowest BCUT2D eigenvalue weighted by Gasteiger charge is -2.12. The molecule has 0 aromatic heterocycles. The maximum Gasteiger partial charge on any atom is 0.306 e. The van der Waals surface area contributed by atoms with Gasteiger partial charge in [-0.25, -0.2) is 0 Å². The summed E-state index contributed by atoms with van der Waals surface area (Å²) in [5, 5.41) is 8.65. The summed E-state index contributed by atoms with van der Waals surface area (Å²) in [7, 11) is 1.91. The van der Waals surface area contributed by atoms with Crippen molar-refractivity contribution in [3.05, 3.63) is 0 Å². The largest absolute Gasteiger partial charge is 0.481 e. The van der Waals surface area contributed by atoms with Gasteiger partial charge in [0.25, 0.3) is 0 Å². The van der Waals surface area contributed by atoms with Crippen molar-refractivity contribution in [3.8, 4) is 0 Å². The van der Waals surface area contributed by atoms with Crippen molar-refractivity contribution < 1.29 is 9.90 Å². The molecular weight excluding hydrogens is 129 g/mol. The Kier molecular flexibility index (Phi) is 1.99. The highest BCUT2D eigenvalue weighted by Gasteiger charge is 2.34. The zero-order valence-corrected chi connectivity index (χ0v) is 6.08. The molecule has 0 heterocycles. The minimum atomic E-state index is -0.694. The molecule has 10 heavy (non-hydrogen) atoms. The monoisotopic (exact) mass is 141 g/mol. The van der Waals surface area contributed by atoms with Gasteiger partial charge in [-0.05, 0) is 18.7 Å². The minimum Gasteiger partial charge on any atom is -0.481 e. The summed E-state index contributed by atoms with van der Waals surface area (Å²) in [4.78, 5) is 10.5. The molecule has 1 fully saturated rings. The molecule has 1 rings (SSSR count). The number of carbonyl (C=O) groups is 1. The van der Waals surface area contributed by atoms with Crippen LogP contribution >= 0.6 is 0 Å². The fourth-order valence-corrected chi connectivity index (χ4v) is 1.54. The van der Waals surface area contributed by atoms with E-state index in [2.05, 4.69) is 0 Å². The summed E-state index contributed by atoms with van der Waals surface area (Å²) in [5.74, 6) is -0.743. The highest BCUT2D eigenvalue weighted by Crippen LogP contribution is 2.33. The van der Waals surface area contributed by atoms with Crippen molar-refractivity contribution in [1.29, 1.82) is 0 Å². The third-order valence-corrected chi connectivity index (χ3v) is 2.44. The molecule has 0 aromatic carbocycles. The molecule has 1 saturated carbocycles. The number of carboxylic acid groups (broad SMARTS) is 1. The lowest BCUT2D eigenvalue weighted by atomic mass is 9.77. The second kappa shape index (κ2) is 2.62. The van der Waals surface area contributed by atoms with Crippen molar-refractivity contribution in [2.75, 3.05) is 0 Å². The van der Waals surface area contributed by atoms with Crippen LogP contribution < -0.4 is 5.73 Å². The predicted molar refractivity (Wildman–Crippen MR) is 40.6 cm³/mol. The molecule has 3 unspecified atom stereocenters. The highest BCUT2D eigenvalue weighted by molar-refractivity contribution is 6.14. The summed E-state index contributed by atoms with van der Waals surface area (Å²) >= 11 is 0. The van der Waals surface area contributed by atoms with E-state index in [1.165, 1.54) is 0 Å². The van der Waals surface area contributed by atoms with Crippen molar-refractivity contribution in [2.24, 2.45) is 11.7 Å². The third kappa shape index (κ3) is 1.16. The molecule has 0 saturated heterocycles. The Balaban J connectivity index is 2.57. The smallest absolute Gasteiger partial charge is 0.306 e. The number of hydrogen-bond acceptors (Lipinski definition) is 2. The van der Waals surface area contributed by atoms with E-state index in [0.29, 0.717) is 0 Å². The molecule has 0 radical (unpaired) electrons. The normalized spacial score (nSPS) is 39.9. The Hall–Kier alpha value is -0.505. The quantitative estimate of drug-likeness (QED) is 0.471. The standard InChI is InChI=1S/C6H12BNO2/c7-5-3(6(9)10)1-2-4(5)8/h3-5H,1-2,7-8H2,(H,9,10). The van der Waals surface area contributed by atoms with Gasteiger partial charge in [0.05, 0.1) is 5.92 Å². The van der Waals surface area contributed by atoms with Crippen LogP contribution in [0.1, 0.15) is 12.8 Å². The van der Waals surface area contributed by atoms with Gasteiger partial charge >= 0.3 is 5.97 Å². The number of aliphatic carboxylic acids is 1. The molecule has 0 amide bonds. The average molecular weight is 141 g/mol. The predicted octanol–water partition coefficient (Wildman–Crippen LogP) is -0.770. The Morgan fingerprint density at radius 1 is 1.60 bits per heavy atom. The van der Waals surface area contributed by atoms with Crippen LogP contribution in [-0.2, 0) is 4.79 Å². The first-order chi connectivity index (χ1) is 4.63. The van der Waals surface area contributed by atoms with Crippen molar-refractivity contribution >= 4 is 13.8 Å². The van der Waals surface area contributed by atoms with Gasteiger partial charge in [0, 0.05) is 6.04 Å². The molecular formula is C6H12BNO2. The maximum atomic E-state index is 10.5. The van der Waals surface area contributed by atoms with Crippen molar-refractivity contribution in [1.82, 2.24) is 0 Å². The molecule has 1 aliphatic carbocycles. The van der Waals surface area contributed by atoms with E-state index in [1.54, 1.807) is 0 Å². The van der Waals surface area contributed by atoms with Gasteiger partial charge in [0.2, 0.25) is 0 Å². The Morgan fingerprint density at radius 2 is 2.20 bits per heavy atom. The molecule has 0 spiro atoms. The van der Waals surface area contributed by atoms with E-state index in [-0.39, 0.29) is 17.8 Å². The van der Waals surface area contributed by atoms with E-state index in [0.717, 1.165) is 12.8 Å². The van der Waals surface area contributed by atoms with Gasteiger partial charge in [-0.15, -0.1) is 0 Å². The van der Waals surface area contributed by atoms with Gasteiger partial charge in [0.15, 0.2) is 0 Å². The molecule has 1 aliphatic rings. The second-order valence-corrected chi connectivity index (χ2v) is 3.05. The van der Waals surface area contributed by atoms with Gasteiger partial charge < -0.3 is 10.8 Å². The van der Waals surface area contributed by atoms with E-state index < -0.39 is 5.97 Å². The molecule has 0 aliphatic heterocycles. The van der Waals surface area contributed by atoms with Crippen LogP contribution in [0.3, 0.4) is 0 Å². The average Bonchev–Trinajstić information content (AvgIpc) is 2.14. The molecule has 3 nitrogen and oxygen atoms in total. The van der Waals surface area contributed by atoms with Crippen LogP contribution in [0.5, 0.6) is 0 Å². The molecule has 3 atom stereocenters. The van der Waals surface area contributed by atoms with Gasteiger partial charge in [-0.3, -0.25) is 4.79 Å². The Bertz CT molecular complexity index is 151. The van der Waals surface area contributed by atoms with E-state index in [9.17, 15) is 4.79 Å². The summed E-state index contributed by atoms with van der Waals surface area (Å²) in [6.45, 7) is 0. The van der Waals surface area contributed by atoms with Crippen molar-refractivity contribution in [3.63, 3.8) is 0 Å². The number of carboxylic acids is 1. The fourth-order valence-electron chi connectivity index (χ4n) is 1.54. The SMILES string of the molecule is BC1C(N)CCC1C(=O)O. The molecule has 3 N–H and O–H groups in total. The van der Waals surface area contributed by atoms with Crippen LogP contribution in [0.15, 0.2) is 0 Å². The van der Waals surface area contributed by atoms with Crippen molar-refractivity contribution in [2.45, 2.75) is 24.7 Å². The highest BCUT2D eigenvalue weighted by atomic mass is 16.4. The first-order valence-corrected chi connectivity index (χ1v) is 3.61. The number of rotatable bonds is 1. The first kappa shape index (κ1) is 7.60. The second-order valence-electron chi connectivity index (χ2n) is 3.05. The molecule has 0 aromatic rings. The fraction of sp³-hybridized carbons (Fsp3) is 0.833. The Labute approximate surface area is 61.0 Å². The third-order valence-electron chi connectivity index (χ3n) is 2.44. The van der Waals surface area contributed by atoms with Gasteiger partial charge in [-0.2, -0.15) is 0 Å². The number of nitrogens with two attached hydrogens (primary N) is 1. The van der Waals surface area contributed by atoms with E-state index >= 15 is 0 Å². The maximum absolute atomic E-state index is 10.5. The van der Waals surface area contributed by atoms with Gasteiger partial charge in [0.1, 0.15) is 7.85 Å². The summed E-state index contributed by atoms with van der Waals surface area (Å²) < 4.78 is 0. The summed E-state index contributed by atoms with van der Waals surface area (Å²) in [6, 6.07) is 0.0982. The van der Waals surface area contributed by atoms with E-state index in [1.807, 2.05) is 7.85 Å². The van der Waals surface area contributed by atoms with Crippen LogP contribution in [0, 0.1) is 5.92 Å². The van der Waals surface area contributed by atoms with Crippen LogP contribution in [-0.4, -0.2) is 25.0 Å². The summed E-state index contributed by atoms with van der Waals surface area (Å²) in [6.07, 6.45) is 1.61. The van der Waals surface area contributed by atoms with E-state index in [4.69, 9.17) is 10.8 Å². The van der Waals surface area contributed by atoms with Crippen LogP contribution in [0.25, 0.3) is 0 Å². The molecule has 56 valence electrons. The van der Waals surface area contributed by atoms with Gasteiger partial charge in [-0.1, -0.05) is 0 Å². The molecule has 0 bridgehead atoms. The lowest BCUT2D eigenvalue weighted by molar-refractivity contribution is -0.141. The lowest BCUT2D eigenvalue weighted by Crippen LogP contribution is -2.25. The zero-order chi connectivity index (χ0) is 7.72. The zero-order valence-electron chi connectivity index (χ0n) is 6.08. The van der Waals surface area contributed by atoms with Crippen LogP contribution in [0.4, 0.5) is 0 Å². The molecule has 4 heteroatoms. The topological polar surface area (TPSA) is 63.3 Å². The minimum absolute atomic E-state index is 0.0982.